The molecule has 0 aliphatic carbocycles. The number of nitrogens with one attached hydrogen (secondary N) is 1. The maximum atomic E-state index is 10.5. The molecule has 0 bridgehead atoms. The Hall–Kier alpha value is -1.56. The molecule has 6 nitrogen and oxygen atoms in total. The Morgan fingerprint density at radius 2 is 2.00 bits per heavy atom. The maximum Gasteiger partial charge on any atom is 0.305 e. The minimum atomic E-state index is -0.492. The molecule has 0 saturated carbocycles. The lowest BCUT2D eigenvalue weighted by molar-refractivity contribution is -0.385. The van der Waals surface area contributed by atoms with Gasteiger partial charge in [0.15, 0.2) is 0 Å². The van der Waals surface area contributed by atoms with Crippen LogP contribution < -0.4 is 5.32 Å². The Morgan fingerprint density at radius 1 is 1.41 bits per heavy atom. The van der Waals surface area contributed by atoms with E-state index >= 15 is 0 Å². The number of nitrogens with zero attached hydrogens (tertiary/aromatic N) is 3. The predicted molar refractivity (Wildman–Crippen MR) is 64.7 cm³/mol. The second kappa shape index (κ2) is 6.24. The van der Waals surface area contributed by atoms with Crippen molar-refractivity contribution in [2.45, 2.75) is 33.2 Å². The van der Waals surface area contributed by atoms with Crippen LogP contribution in [0.4, 0.5) is 5.69 Å². The molecule has 1 heterocycles. The lowest BCUT2D eigenvalue weighted by Crippen LogP contribution is -2.36. The van der Waals surface area contributed by atoms with Crippen LogP contribution in [0.1, 0.15) is 26.6 Å². The van der Waals surface area contributed by atoms with Gasteiger partial charge in [-0.15, -0.1) is 0 Å². The second-order valence-electron chi connectivity index (χ2n) is 4.23. The van der Waals surface area contributed by atoms with Crippen LogP contribution in [0.2, 0.25) is 0 Å². The van der Waals surface area contributed by atoms with Crippen molar-refractivity contribution in [3.63, 3.8) is 0 Å². The summed E-state index contributed by atoms with van der Waals surface area (Å²) in [5, 5.41) is 13.8. The van der Waals surface area contributed by atoms with Crippen molar-refractivity contribution in [1.29, 1.82) is 0 Å². The van der Waals surface area contributed by atoms with Gasteiger partial charge in [-0.05, 0) is 12.5 Å². The van der Waals surface area contributed by atoms with Crippen LogP contribution in [0.3, 0.4) is 0 Å². The average molecular weight is 238 g/mol. The van der Waals surface area contributed by atoms with Gasteiger partial charge in [-0.1, -0.05) is 20.8 Å². The standard InChI is InChI=1S/C11H18N4O2/c1-4-12-10(8(2)3)5-11-13-6-9(7-14-11)15(16)17/h6-8,10,12H,4-5H2,1-3H3. The van der Waals surface area contributed by atoms with Gasteiger partial charge in [-0.2, -0.15) is 0 Å². The lowest BCUT2D eigenvalue weighted by atomic mass is 10.0. The highest BCUT2D eigenvalue weighted by Crippen LogP contribution is 2.10. The Labute approximate surface area is 101 Å². The van der Waals surface area contributed by atoms with Crippen LogP contribution in [0.15, 0.2) is 12.4 Å². The molecule has 1 aromatic heterocycles. The topological polar surface area (TPSA) is 81.0 Å². The van der Waals surface area contributed by atoms with E-state index in [0.29, 0.717) is 24.2 Å². The van der Waals surface area contributed by atoms with Crippen molar-refractivity contribution in [3.8, 4) is 0 Å². The molecule has 0 fully saturated rings. The summed E-state index contributed by atoms with van der Waals surface area (Å²) in [7, 11) is 0. The Kier molecular flexibility index (Phi) is 4.96. The molecular weight excluding hydrogens is 220 g/mol. The molecule has 0 aromatic carbocycles. The van der Waals surface area contributed by atoms with Gasteiger partial charge in [0.1, 0.15) is 18.2 Å². The van der Waals surface area contributed by atoms with E-state index in [9.17, 15) is 10.1 Å². The van der Waals surface area contributed by atoms with Gasteiger partial charge in [-0.3, -0.25) is 10.1 Å². The molecule has 1 unspecified atom stereocenters. The third-order valence-corrected chi connectivity index (χ3v) is 2.58. The van der Waals surface area contributed by atoms with Gasteiger partial charge in [-0.25, -0.2) is 9.97 Å². The zero-order chi connectivity index (χ0) is 12.8. The fourth-order valence-electron chi connectivity index (χ4n) is 1.55. The average Bonchev–Trinajstić information content (AvgIpc) is 2.29. The molecule has 6 heteroatoms. The summed E-state index contributed by atoms with van der Waals surface area (Å²) in [6, 6.07) is 0.293. The van der Waals surface area contributed by atoms with E-state index < -0.39 is 4.92 Å². The molecule has 0 aliphatic heterocycles. The molecule has 0 saturated heterocycles. The van der Waals surface area contributed by atoms with E-state index in [1.807, 2.05) is 6.92 Å². The second-order valence-corrected chi connectivity index (χ2v) is 4.23. The van der Waals surface area contributed by atoms with E-state index in [0.717, 1.165) is 6.54 Å². The predicted octanol–water partition coefficient (Wildman–Crippen LogP) is 1.56. The molecule has 1 aromatic rings. The molecule has 1 N–H and O–H groups in total. The van der Waals surface area contributed by atoms with Gasteiger partial charge < -0.3 is 5.32 Å². The smallest absolute Gasteiger partial charge is 0.305 e. The van der Waals surface area contributed by atoms with E-state index in [2.05, 4.69) is 29.1 Å². The highest BCUT2D eigenvalue weighted by Gasteiger charge is 2.15. The van der Waals surface area contributed by atoms with Crippen molar-refractivity contribution in [3.05, 3.63) is 28.3 Å². The normalized spacial score (nSPS) is 12.7. The number of hydrogen-bond donors (Lipinski definition) is 1. The summed E-state index contributed by atoms with van der Waals surface area (Å²) >= 11 is 0. The summed E-state index contributed by atoms with van der Waals surface area (Å²) in [6.07, 6.45) is 3.20. The summed E-state index contributed by atoms with van der Waals surface area (Å²) in [4.78, 5) is 18.0. The van der Waals surface area contributed by atoms with Crippen molar-refractivity contribution >= 4 is 5.69 Å². The maximum absolute atomic E-state index is 10.5. The molecule has 0 aliphatic rings. The number of hydrogen-bond acceptors (Lipinski definition) is 5. The van der Waals surface area contributed by atoms with Gasteiger partial charge in [0, 0.05) is 12.5 Å². The Morgan fingerprint density at radius 3 is 2.41 bits per heavy atom. The Balaban J connectivity index is 2.69. The SMILES string of the molecule is CCNC(Cc1ncc([N+](=O)[O-])cn1)C(C)C. The fourth-order valence-corrected chi connectivity index (χ4v) is 1.55. The molecule has 1 rings (SSSR count). The highest BCUT2D eigenvalue weighted by atomic mass is 16.6. The van der Waals surface area contributed by atoms with Crippen molar-refractivity contribution < 1.29 is 4.92 Å². The van der Waals surface area contributed by atoms with Gasteiger partial charge in [0.05, 0.1) is 4.92 Å². The number of aromatic nitrogens is 2. The first kappa shape index (κ1) is 13.5. The third-order valence-electron chi connectivity index (χ3n) is 2.58. The number of rotatable bonds is 6. The number of nitro groups is 1. The van der Waals surface area contributed by atoms with Crippen molar-refractivity contribution in [1.82, 2.24) is 15.3 Å². The molecule has 94 valence electrons. The lowest BCUT2D eigenvalue weighted by Gasteiger charge is -2.20. The van der Waals surface area contributed by atoms with Gasteiger partial charge >= 0.3 is 5.69 Å². The first-order valence-corrected chi connectivity index (χ1v) is 5.73. The molecular formula is C11H18N4O2. The minimum absolute atomic E-state index is 0.0710. The quantitative estimate of drug-likeness (QED) is 0.601. The van der Waals surface area contributed by atoms with Crippen molar-refractivity contribution in [2.75, 3.05) is 6.54 Å². The molecule has 0 radical (unpaired) electrons. The van der Waals surface area contributed by atoms with Crippen LogP contribution >= 0.6 is 0 Å². The summed E-state index contributed by atoms with van der Waals surface area (Å²) in [5.41, 5.74) is -0.0710. The molecule has 0 spiro atoms. The van der Waals surface area contributed by atoms with E-state index in [4.69, 9.17) is 0 Å². The zero-order valence-corrected chi connectivity index (χ0v) is 10.4. The van der Waals surface area contributed by atoms with Crippen molar-refractivity contribution in [2.24, 2.45) is 5.92 Å². The van der Waals surface area contributed by atoms with Crippen LogP contribution in [-0.4, -0.2) is 27.5 Å². The number of likely N-dealkylation sites (N-methyl/N-ethyl adjacent to an activating group) is 1. The van der Waals surface area contributed by atoms with Gasteiger partial charge in [0.25, 0.3) is 0 Å². The van der Waals surface area contributed by atoms with E-state index in [1.165, 1.54) is 12.4 Å². The van der Waals surface area contributed by atoms with Crippen LogP contribution in [-0.2, 0) is 6.42 Å². The monoisotopic (exact) mass is 238 g/mol. The molecule has 17 heavy (non-hydrogen) atoms. The van der Waals surface area contributed by atoms with E-state index in [1.54, 1.807) is 0 Å². The fraction of sp³-hybridized carbons (Fsp3) is 0.636. The first-order valence-electron chi connectivity index (χ1n) is 5.73. The summed E-state index contributed by atoms with van der Waals surface area (Å²) in [6.45, 7) is 7.18. The zero-order valence-electron chi connectivity index (χ0n) is 10.4. The first-order chi connectivity index (χ1) is 8.04. The Bertz CT molecular complexity index is 364. The van der Waals surface area contributed by atoms with Crippen LogP contribution in [0, 0.1) is 16.0 Å². The summed E-state index contributed by atoms with van der Waals surface area (Å²) in [5.74, 6) is 1.10. The minimum Gasteiger partial charge on any atom is -0.314 e. The third kappa shape index (κ3) is 4.07. The summed E-state index contributed by atoms with van der Waals surface area (Å²) < 4.78 is 0. The van der Waals surface area contributed by atoms with Crippen LogP contribution in [0.5, 0.6) is 0 Å². The molecule has 0 amide bonds. The highest BCUT2D eigenvalue weighted by molar-refractivity contribution is 5.20. The van der Waals surface area contributed by atoms with Gasteiger partial charge in [0.2, 0.25) is 0 Å². The molecule has 1 atom stereocenters. The largest absolute Gasteiger partial charge is 0.314 e. The van der Waals surface area contributed by atoms with E-state index in [-0.39, 0.29) is 5.69 Å². The van der Waals surface area contributed by atoms with Crippen LogP contribution in [0.25, 0.3) is 0 Å².